The molecule has 0 saturated carbocycles. The van der Waals surface area contributed by atoms with E-state index in [2.05, 4.69) is 16.0 Å². The maximum absolute atomic E-state index is 9.96. The van der Waals surface area contributed by atoms with Crippen LogP contribution in [0.15, 0.2) is 48.8 Å². The summed E-state index contributed by atoms with van der Waals surface area (Å²) in [6.07, 6.45) is 7.44. The molecule has 0 radical (unpaired) electrons. The van der Waals surface area contributed by atoms with Gasteiger partial charge < -0.3 is 5.11 Å². The number of rotatable bonds is 3. The predicted octanol–water partition coefficient (Wildman–Crippen LogP) is 3.51. The minimum Gasteiger partial charge on any atom is -0.508 e. The van der Waals surface area contributed by atoms with Gasteiger partial charge in [-0.3, -0.25) is 9.88 Å². The van der Waals surface area contributed by atoms with E-state index in [0.29, 0.717) is 11.8 Å². The first-order valence-corrected chi connectivity index (χ1v) is 7.25. The van der Waals surface area contributed by atoms with Crippen molar-refractivity contribution < 1.29 is 5.11 Å². The molecule has 0 aliphatic carbocycles. The molecule has 1 atom stereocenters. The Bertz CT molecular complexity index is 556. The Hall–Kier alpha value is -1.87. The maximum atomic E-state index is 9.96. The predicted molar refractivity (Wildman–Crippen MR) is 79.3 cm³/mol. The molecule has 104 valence electrons. The molecule has 1 aliphatic heterocycles. The largest absolute Gasteiger partial charge is 0.508 e. The van der Waals surface area contributed by atoms with Gasteiger partial charge in [-0.1, -0.05) is 30.7 Å². The van der Waals surface area contributed by atoms with E-state index in [0.717, 1.165) is 18.7 Å². The van der Waals surface area contributed by atoms with E-state index in [4.69, 9.17) is 0 Å². The number of likely N-dealkylation sites (tertiary alicyclic amines) is 1. The third-order valence-corrected chi connectivity index (χ3v) is 4.05. The molecule has 0 spiro atoms. The van der Waals surface area contributed by atoms with Gasteiger partial charge in [0.15, 0.2) is 0 Å². The number of hydrogen-bond acceptors (Lipinski definition) is 3. The Kier molecular flexibility index (Phi) is 3.97. The van der Waals surface area contributed by atoms with E-state index in [1.807, 2.05) is 36.7 Å². The van der Waals surface area contributed by atoms with Crippen LogP contribution in [-0.2, 0) is 6.54 Å². The molecule has 2 aromatic rings. The van der Waals surface area contributed by atoms with Crippen LogP contribution in [0.2, 0.25) is 0 Å². The van der Waals surface area contributed by atoms with E-state index in [1.165, 1.54) is 24.8 Å². The number of pyridine rings is 1. The third-order valence-electron chi connectivity index (χ3n) is 4.05. The number of piperidine rings is 1. The van der Waals surface area contributed by atoms with Crippen LogP contribution in [-0.4, -0.2) is 21.5 Å². The summed E-state index contributed by atoms with van der Waals surface area (Å²) >= 11 is 0. The molecule has 1 aromatic heterocycles. The molecule has 1 aromatic carbocycles. The number of nitrogens with zero attached hydrogens (tertiary/aromatic N) is 2. The van der Waals surface area contributed by atoms with Gasteiger partial charge in [-0.25, -0.2) is 0 Å². The molecular formula is C17H20N2O. The average Bonchev–Trinajstić information content (AvgIpc) is 2.51. The number of phenols is 1. The summed E-state index contributed by atoms with van der Waals surface area (Å²) in [6.45, 7) is 1.88. The van der Waals surface area contributed by atoms with Crippen molar-refractivity contribution >= 4 is 0 Å². The van der Waals surface area contributed by atoms with E-state index < -0.39 is 0 Å². The zero-order valence-electron chi connectivity index (χ0n) is 11.6. The molecule has 0 unspecified atom stereocenters. The quantitative estimate of drug-likeness (QED) is 0.925. The van der Waals surface area contributed by atoms with Crippen molar-refractivity contribution in [1.29, 1.82) is 0 Å². The molecule has 1 saturated heterocycles. The molecule has 0 bridgehead atoms. The van der Waals surface area contributed by atoms with Crippen molar-refractivity contribution in [1.82, 2.24) is 9.88 Å². The summed E-state index contributed by atoms with van der Waals surface area (Å²) in [7, 11) is 0. The fourth-order valence-corrected chi connectivity index (χ4v) is 2.99. The van der Waals surface area contributed by atoms with Crippen molar-refractivity contribution in [3.63, 3.8) is 0 Å². The Labute approximate surface area is 119 Å². The second-order valence-electron chi connectivity index (χ2n) is 5.40. The Morgan fingerprint density at radius 3 is 2.85 bits per heavy atom. The molecule has 1 N–H and O–H groups in total. The summed E-state index contributed by atoms with van der Waals surface area (Å²) in [5.74, 6) is 0.392. The lowest BCUT2D eigenvalue weighted by atomic mass is 9.95. The topological polar surface area (TPSA) is 36.4 Å². The number of hydrogen-bond donors (Lipinski definition) is 1. The molecule has 20 heavy (non-hydrogen) atoms. The van der Waals surface area contributed by atoms with Gasteiger partial charge in [0.2, 0.25) is 0 Å². The van der Waals surface area contributed by atoms with Crippen LogP contribution in [0, 0.1) is 0 Å². The van der Waals surface area contributed by atoms with E-state index >= 15 is 0 Å². The highest BCUT2D eigenvalue weighted by Gasteiger charge is 2.24. The van der Waals surface area contributed by atoms with Crippen LogP contribution in [0.1, 0.15) is 36.4 Å². The fraction of sp³-hybridized carbons (Fsp3) is 0.353. The molecule has 1 fully saturated rings. The number of benzene rings is 1. The van der Waals surface area contributed by atoms with Gasteiger partial charge in [0.1, 0.15) is 5.75 Å². The van der Waals surface area contributed by atoms with Crippen molar-refractivity contribution in [3.05, 3.63) is 59.9 Å². The minimum absolute atomic E-state index is 0.392. The highest BCUT2D eigenvalue weighted by molar-refractivity contribution is 5.32. The van der Waals surface area contributed by atoms with Crippen LogP contribution < -0.4 is 0 Å². The highest BCUT2D eigenvalue weighted by atomic mass is 16.3. The highest BCUT2D eigenvalue weighted by Crippen LogP contribution is 2.32. The number of aromatic hydroxyl groups is 1. The zero-order chi connectivity index (χ0) is 13.8. The van der Waals surface area contributed by atoms with Crippen LogP contribution in [0.25, 0.3) is 0 Å². The fourth-order valence-electron chi connectivity index (χ4n) is 2.99. The van der Waals surface area contributed by atoms with Gasteiger partial charge in [-0.15, -0.1) is 0 Å². The maximum Gasteiger partial charge on any atom is 0.120 e. The number of phenolic OH excluding ortho intramolecular Hbond substituents is 1. The molecule has 3 rings (SSSR count). The molecule has 3 heteroatoms. The summed E-state index contributed by atoms with van der Waals surface area (Å²) in [6, 6.07) is 12.2. The summed E-state index contributed by atoms with van der Waals surface area (Å²) in [4.78, 5) is 6.70. The van der Waals surface area contributed by atoms with E-state index in [1.54, 1.807) is 6.07 Å². The van der Waals surface area contributed by atoms with Crippen molar-refractivity contribution in [3.8, 4) is 5.75 Å². The summed E-state index contributed by atoms with van der Waals surface area (Å²) < 4.78 is 0. The lowest BCUT2D eigenvalue weighted by Gasteiger charge is -2.36. The van der Waals surface area contributed by atoms with Gasteiger partial charge in [0.25, 0.3) is 0 Å². The number of aromatic nitrogens is 1. The van der Waals surface area contributed by atoms with Crippen LogP contribution in [0.4, 0.5) is 0 Å². The molecule has 1 aliphatic rings. The average molecular weight is 268 g/mol. The standard InChI is InChI=1S/C17H20N2O/c20-17-9-2-1-6-15(17)13-19-11-4-3-8-16(19)14-7-5-10-18-12-14/h1-2,5-7,9-10,12,16,20H,3-4,8,11,13H2/t16-/m0/s1. The molecule has 0 amide bonds. The second-order valence-corrected chi connectivity index (χ2v) is 5.40. The van der Waals surface area contributed by atoms with E-state index in [-0.39, 0.29) is 0 Å². The van der Waals surface area contributed by atoms with Gasteiger partial charge in [-0.05, 0) is 37.1 Å². The first-order chi connectivity index (χ1) is 9.84. The van der Waals surface area contributed by atoms with Gasteiger partial charge in [0.05, 0.1) is 0 Å². The summed E-state index contributed by atoms with van der Waals surface area (Å²) in [5, 5.41) is 9.96. The molecule has 2 heterocycles. The lowest BCUT2D eigenvalue weighted by molar-refractivity contribution is 0.139. The third kappa shape index (κ3) is 2.83. The van der Waals surface area contributed by atoms with Crippen molar-refractivity contribution in [2.45, 2.75) is 31.8 Å². The van der Waals surface area contributed by atoms with Gasteiger partial charge in [0, 0.05) is 30.5 Å². The lowest BCUT2D eigenvalue weighted by Crippen LogP contribution is -2.33. The Morgan fingerprint density at radius 2 is 2.05 bits per heavy atom. The van der Waals surface area contributed by atoms with Crippen LogP contribution in [0.3, 0.4) is 0 Å². The van der Waals surface area contributed by atoms with Crippen LogP contribution in [0.5, 0.6) is 5.75 Å². The van der Waals surface area contributed by atoms with Crippen molar-refractivity contribution in [2.24, 2.45) is 0 Å². The van der Waals surface area contributed by atoms with E-state index in [9.17, 15) is 5.11 Å². The first kappa shape index (κ1) is 13.1. The SMILES string of the molecule is Oc1ccccc1CN1CCCC[C@H]1c1cccnc1. The van der Waals surface area contributed by atoms with Gasteiger partial charge in [-0.2, -0.15) is 0 Å². The Balaban J connectivity index is 1.81. The number of para-hydroxylation sites is 1. The molecular weight excluding hydrogens is 248 g/mol. The normalized spacial score (nSPS) is 19.9. The summed E-state index contributed by atoms with van der Waals surface area (Å²) in [5.41, 5.74) is 2.28. The monoisotopic (exact) mass is 268 g/mol. The Morgan fingerprint density at radius 1 is 1.15 bits per heavy atom. The second kappa shape index (κ2) is 6.06. The zero-order valence-corrected chi connectivity index (χ0v) is 11.6. The van der Waals surface area contributed by atoms with Crippen LogP contribution >= 0.6 is 0 Å². The van der Waals surface area contributed by atoms with Crippen molar-refractivity contribution in [2.75, 3.05) is 6.54 Å². The minimum atomic E-state index is 0.392. The smallest absolute Gasteiger partial charge is 0.120 e. The first-order valence-electron chi connectivity index (χ1n) is 7.25. The molecule has 3 nitrogen and oxygen atoms in total. The van der Waals surface area contributed by atoms with Gasteiger partial charge >= 0.3 is 0 Å².